The summed E-state index contributed by atoms with van der Waals surface area (Å²) in [5.74, 6) is -1.41. The summed E-state index contributed by atoms with van der Waals surface area (Å²) in [6, 6.07) is 16.7. The molecule has 3 aromatic heterocycles. The number of aromatic amines is 2. The number of benzene rings is 2. The van der Waals surface area contributed by atoms with Crippen LogP contribution in [0.25, 0.3) is 10.2 Å². The van der Waals surface area contributed by atoms with E-state index < -0.39 is 17.3 Å². The summed E-state index contributed by atoms with van der Waals surface area (Å²) in [6.07, 6.45) is 1.66. The Morgan fingerprint density at radius 1 is 0.933 bits per heavy atom. The van der Waals surface area contributed by atoms with Gasteiger partial charge in [-0.05, 0) is 63.4 Å². The second-order valence-electron chi connectivity index (χ2n) is 11.5. The van der Waals surface area contributed by atoms with Crippen LogP contribution >= 0.6 is 11.3 Å². The number of amides is 3. The van der Waals surface area contributed by atoms with Crippen molar-refractivity contribution in [3.8, 4) is 0 Å². The quantitative estimate of drug-likeness (QED) is 0.164. The van der Waals surface area contributed by atoms with Crippen molar-refractivity contribution < 1.29 is 18.8 Å². The highest BCUT2D eigenvalue weighted by molar-refractivity contribution is 7.20. The Balaban J connectivity index is 1.23. The molecule has 4 heterocycles. The van der Waals surface area contributed by atoms with Crippen molar-refractivity contribution in [3.05, 3.63) is 94.4 Å². The molecule has 2 aromatic carbocycles. The summed E-state index contributed by atoms with van der Waals surface area (Å²) in [5.41, 5.74) is 1.28. The van der Waals surface area contributed by atoms with Crippen molar-refractivity contribution in [2.45, 2.75) is 19.4 Å². The van der Waals surface area contributed by atoms with Crippen molar-refractivity contribution >= 4 is 56.5 Å². The summed E-state index contributed by atoms with van der Waals surface area (Å²) in [7, 11) is 2.08. The number of H-pyrrole nitrogens is 2. The van der Waals surface area contributed by atoms with Gasteiger partial charge in [0, 0.05) is 43.6 Å². The molecule has 1 aliphatic rings. The monoisotopic (exact) mass is 628 g/mol. The molecule has 232 valence electrons. The van der Waals surface area contributed by atoms with Crippen LogP contribution in [-0.2, 0) is 5.54 Å². The normalized spacial score (nSPS) is 14.0. The number of likely N-dealkylation sites (N-methyl/N-ethyl adjacent to an activating group) is 1. The van der Waals surface area contributed by atoms with Crippen molar-refractivity contribution in [2.24, 2.45) is 0 Å². The van der Waals surface area contributed by atoms with Crippen molar-refractivity contribution in [1.29, 1.82) is 0 Å². The number of carbonyl (C=O) groups is 3. The number of thiophene rings is 1. The highest BCUT2D eigenvalue weighted by Gasteiger charge is 2.28. The molecule has 1 aliphatic heterocycles. The number of nitrogens with one attached hydrogen (secondary N) is 5. The molecule has 0 aliphatic carbocycles. The van der Waals surface area contributed by atoms with Crippen LogP contribution in [0.15, 0.2) is 66.9 Å². The molecule has 0 saturated carbocycles. The molecule has 0 spiro atoms. The Bertz CT molecular complexity index is 1870. The van der Waals surface area contributed by atoms with E-state index in [4.69, 9.17) is 0 Å². The molecule has 13 heteroatoms. The smallest absolute Gasteiger partial charge is 0.272 e. The molecule has 3 amide bonds. The van der Waals surface area contributed by atoms with Gasteiger partial charge in [0.2, 0.25) is 0 Å². The van der Waals surface area contributed by atoms with Crippen LogP contribution in [0.3, 0.4) is 0 Å². The number of rotatable bonds is 8. The van der Waals surface area contributed by atoms with E-state index in [1.807, 2.05) is 12.1 Å². The molecular weight excluding hydrogens is 595 g/mol. The predicted octanol–water partition coefficient (Wildman–Crippen LogP) is 5.01. The minimum Gasteiger partial charge on any atom is -0.369 e. The number of nitrogens with zero attached hydrogens (tertiary/aromatic N) is 3. The Labute approximate surface area is 262 Å². The number of halogens is 1. The lowest BCUT2D eigenvalue weighted by molar-refractivity contribution is 0.0913. The van der Waals surface area contributed by atoms with Gasteiger partial charge in [0.1, 0.15) is 16.3 Å². The third-order valence-corrected chi connectivity index (χ3v) is 8.93. The lowest BCUT2D eigenvalue weighted by Crippen LogP contribution is -2.44. The van der Waals surface area contributed by atoms with Crippen molar-refractivity contribution in [2.75, 3.05) is 48.8 Å². The van der Waals surface area contributed by atoms with E-state index in [0.29, 0.717) is 32.0 Å². The Morgan fingerprint density at radius 2 is 1.71 bits per heavy atom. The Hall–Kier alpha value is -5.01. The molecule has 45 heavy (non-hydrogen) atoms. The molecular formula is C32H33FN8O3S. The average Bonchev–Trinajstić information content (AvgIpc) is 3.77. The van der Waals surface area contributed by atoms with E-state index in [1.165, 1.54) is 17.4 Å². The molecule has 6 rings (SSSR count). The fourth-order valence-corrected chi connectivity index (χ4v) is 6.23. The van der Waals surface area contributed by atoms with Crippen molar-refractivity contribution in [1.82, 2.24) is 25.4 Å². The third-order valence-electron chi connectivity index (χ3n) is 7.89. The lowest BCUT2D eigenvalue weighted by atomic mass is 9.93. The van der Waals surface area contributed by atoms with Crippen LogP contribution < -0.4 is 20.9 Å². The zero-order valence-electron chi connectivity index (χ0n) is 25.0. The van der Waals surface area contributed by atoms with Crippen LogP contribution in [-0.4, -0.2) is 71.0 Å². The number of hydrogen-bond donors (Lipinski definition) is 5. The van der Waals surface area contributed by atoms with E-state index in [0.717, 1.165) is 31.9 Å². The van der Waals surface area contributed by atoms with Gasteiger partial charge in [-0.1, -0.05) is 18.2 Å². The Morgan fingerprint density at radius 3 is 2.44 bits per heavy atom. The molecule has 5 N–H and O–H groups in total. The van der Waals surface area contributed by atoms with Crippen LogP contribution in [0.2, 0.25) is 0 Å². The number of anilines is 3. The highest BCUT2D eigenvalue weighted by Crippen LogP contribution is 2.32. The van der Waals surface area contributed by atoms with Gasteiger partial charge in [0.15, 0.2) is 5.82 Å². The van der Waals surface area contributed by atoms with Crippen LogP contribution in [0.1, 0.15) is 49.9 Å². The van der Waals surface area contributed by atoms with E-state index in [-0.39, 0.29) is 23.2 Å². The topological polar surface area (TPSA) is 138 Å². The van der Waals surface area contributed by atoms with Crippen LogP contribution in [0, 0.1) is 5.82 Å². The SMILES string of the molecule is CN1CCN(c2ccc(C(=O)Nc3n[nH]c4sc(C(=O)NC(C)(C)c5ccccc5F)cc34)c(NC(=O)c3ccc[nH]3)c2)CC1. The first kappa shape index (κ1) is 30.0. The van der Waals surface area contributed by atoms with Gasteiger partial charge in [-0.3, -0.25) is 19.5 Å². The van der Waals surface area contributed by atoms with Gasteiger partial charge in [-0.15, -0.1) is 11.3 Å². The molecule has 0 radical (unpaired) electrons. The molecule has 11 nitrogen and oxygen atoms in total. The molecule has 5 aromatic rings. The summed E-state index contributed by atoms with van der Waals surface area (Å²) in [4.78, 5) is 48.1. The van der Waals surface area contributed by atoms with Gasteiger partial charge < -0.3 is 30.7 Å². The molecule has 0 atom stereocenters. The first-order chi connectivity index (χ1) is 21.6. The summed E-state index contributed by atoms with van der Waals surface area (Å²) in [5, 5.41) is 16.3. The molecule has 1 fully saturated rings. The summed E-state index contributed by atoms with van der Waals surface area (Å²) >= 11 is 1.17. The standard InChI is InChI=1S/C32H33FN8O3S/c1-32(2,22-7-4-5-8-23(22)33)37-30(44)26-18-21-27(38-39-31(21)45-26)36-28(42)20-11-10-19(41-15-13-40(3)14-16-41)17-25(20)35-29(43)24-9-6-12-34-24/h4-12,17-18,34H,13-16H2,1-3H3,(H,35,43)(H,37,44)(H2,36,38,39,42). The van der Waals surface area contributed by atoms with Gasteiger partial charge in [0.25, 0.3) is 17.7 Å². The fraction of sp³-hybridized carbons (Fsp3) is 0.250. The Kier molecular flexibility index (Phi) is 8.12. The maximum absolute atomic E-state index is 14.4. The maximum Gasteiger partial charge on any atom is 0.272 e. The minimum absolute atomic E-state index is 0.239. The minimum atomic E-state index is -0.966. The summed E-state index contributed by atoms with van der Waals surface area (Å²) < 4.78 is 14.4. The maximum atomic E-state index is 14.4. The van der Waals surface area contributed by atoms with Gasteiger partial charge in [0.05, 0.1) is 27.1 Å². The molecule has 0 bridgehead atoms. The van der Waals surface area contributed by atoms with E-state index in [9.17, 15) is 18.8 Å². The number of aromatic nitrogens is 3. The number of hydrogen-bond acceptors (Lipinski definition) is 7. The zero-order chi connectivity index (χ0) is 31.7. The summed E-state index contributed by atoms with van der Waals surface area (Å²) in [6.45, 7) is 6.92. The molecule has 0 unspecified atom stereocenters. The molecule has 1 saturated heterocycles. The van der Waals surface area contributed by atoms with Gasteiger partial charge in [-0.2, -0.15) is 5.10 Å². The largest absolute Gasteiger partial charge is 0.369 e. The number of piperazine rings is 1. The van der Waals surface area contributed by atoms with Crippen molar-refractivity contribution in [3.63, 3.8) is 0 Å². The fourth-order valence-electron chi connectivity index (χ4n) is 5.34. The van der Waals surface area contributed by atoms with E-state index in [1.54, 1.807) is 62.5 Å². The van der Waals surface area contributed by atoms with Gasteiger partial charge >= 0.3 is 0 Å². The van der Waals surface area contributed by atoms with Crippen LogP contribution in [0.5, 0.6) is 0 Å². The van der Waals surface area contributed by atoms with Gasteiger partial charge in [-0.25, -0.2) is 4.39 Å². The first-order valence-electron chi connectivity index (χ1n) is 14.5. The third kappa shape index (κ3) is 6.30. The van der Waals surface area contributed by atoms with E-state index in [2.05, 4.69) is 48.0 Å². The first-order valence-corrected chi connectivity index (χ1v) is 15.3. The van der Waals surface area contributed by atoms with Crippen LogP contribution in [0.4, 0.5) is 21.6 Å². The number of carbonyl (C=O) groups excluding carboxylic acids is 3. The second-order valence-corrected chi connectivity index (χ2v) is 12.5. The lowest BCUT2D eigenvalue weighted by Gasteiger charge is -2.34. The zero-order valence-corrected chi connectivity index (χ0v) is 25.8. The predicted molar refractivity (Wildman–Crippen MR) is 174 cm³/mol. The van der Waals surface area contributed by atoms with E-state index >= 15 is 0 Å². The number of fused-ring (bicyclic) bond motifs is 1. The highest BCUT2D eigenvalue weighted by atomic mass is 32.1. The average molecular weight is 629 g/mol. The second kappa shape index (κ2) is 12.2.